The van der Waals surface area contributed by atoms with Gasteiger partial charge >= 0.3 is 0 Å². The highest BCUT2D eigenvalue weighted by atomic mass is 32.2. The van der Waals surface area contributed by atoms with E-state index in [0.717, 1.165) is 5.56 Å². The molecule has 0 saturated carbocycles. The summed E-state index contributed by atoms with van der Waals surface area (Å²) in [7, 11) is 1.66. The van der Waals surface area contributed by atoms with E-state index in [1.54, 1.807) is 43.7 Å². The highest BCUT2D eigenvalue weighted by Gasteiger charge is 2.28. The number of rotatable bonds is 4. The van der Waals surface area contributed by atoms with E-state index in [1.807, 2.05) is 12.1 Å². The summed E-state index contributed by atoms with van der Waals surface area (Å²) in [5, 5.41) is 0. The van der Waals surface area contributed by atoms with Gasteiger partial charge in [-0.2, -0.15) is 0 Å². The summed E-state index contributed by atoms with van der Waals surface area (Å²) in [6.45, 7) is 0. The second kappa shape index (κ2) is 6.52. The molecule has 1 saturated heterocycles. The number of ketones is 1. The largest absolute Gasteiger partial charge is 0.469 e. The molecule has 116 valence electrons. The molecule has 2 heterocycles. The summed E-state index contributed by atoms with van der Waals surface area (Å²) in [5.74, 6) is 0.537. The first-order valence-corrected chi connectivity index (χ1v) is 8.14. The van der Waals surface area contributed by atoms with Crippen LogP contribution in [0.25, 0.3) is 6.08 Å². The monoisotopic (exact) mass is 343 g/mol. The summed E-state index contributed by atoms with van der Waals surface area (Å²) in [6, 6.07) is 10.7. The Balaban J connectivity index is 1.74. The fourth-order valence-electron chi connectivity index (χ4n) is 2.14. The third-order valence-electron chi connectivity index (χ3n) is 3.43. The number of Topliss-reactive ketones (excluding diaryl/α,β-unsaturated/α-hetero) is 1. The number of likely N-dealkylation sites (N-methyl/N-ethyl adjacent to an activating group) is 1. The first-order chi connectivity index (χ1) is 11.0. The van der Waals surface area contributed by atoms with Crippen molar-refractivity contribution in [2.75, 3.05) is 7.05 Å². The number of amides is 1. The number of hydrogen-bond donors (Lipinski definition) is 0. The second-order valence-electron chi connectivity index (χ2n) is 5.04. The molecule has 1 amide bonds. The molecule has 0 aliphatic carbocycles. The summed E-state index contributed by atoms with van der Waals surface area (Å²) in [4.78, 5) is 26.1. The van der Waals surface area contributed by atoms with Crippen molar-refractivity contribution in [3.05, 3.63) is 64.5 Å². The Morgan fingerprint density at radius 3 is 2.61 bits per heavy atom. The van der Waals surface area contributed by atoms with Gasteiger partial charge in [-0.15, -0.1) is 0 Å². The third-order valence-corrected chi connectivity index (χ3v) is 4.92. The molecule has 1 aromatic carbocycles. The van der Waals surface area contributed by atoms with Crippen LogP contribution in [0.4, 0.5) is 0 Å². The van der Waals surface area contributed by atoms with Crippen LogP contribution in [0.15, 0.2) is 52.0 Å². The van der Waals surface area contributed by atoms with Crippen LogP contribution in [0.5, 0.6) is 0 Å². The van der Waals surface area contributed by atoms with E-state index in [4.69, 9.17) is 16.6 Å². The van der Waals surface area contributed by atoms with Gasteiger partial charge in [0.05, 0.1) is 17.6 Å². The van der Waals surface area contributed by atoms with Crippen molar-refractivity contribution in [2.45, 2.75) is 6.42 Å². The van der Waals surface area contributed by atoms with E-state index in [1.165, 1.54) is 16.7 Å². The number of nitrogens with zero attached hydrogens (tertiary/aromatic N) is 1. The zero-order valence-electron chi connectivity index (χ0n) is 12.3. The standard InChI is InChI=1S/C17H13NO3S2/c1-18-16(20)15(23-17(18)22)9-11-4-6-12(7-5-11)14(19)10-13-3-2-8-21-13/h2-9H,10H2,1H3/b15-9+. The van der Waals surface area contributed by atoms with E-state index >= 15 is 0 Å². The molecule has 1 aromatic heterocycles. The molecule has 0 bridgehead atoms. The normalized spacial score (nSPS) is 16.4. The quantitative estimate of drug-likeness (QED) is 0.483. The molecule has 1 aliphatic rings. The Hall–Kier alpha value is -2.18. The van der Waals surface area contributed by atoms with Crippen LogP contribution in [-0.2, 0) is 11.2 Å². The predicted molar refractivity (Wildman–Crippen MR) is 94.1 cm³/mol. The van der Waals surface area contributed by atoms with Crippen molar-refractivity contribution in [3.8, 4) is 0 Å². The molecule has 0 radical (unpaired) electrons. The molecule has 6 heteroatoms. The molecule has 1 fully saturated rings. The Morgan fingerprint density at radius 2 is 2.04 bits per heavy atom. The summed E-state index contributed by atoms with van der Waals surface area (Å²) >= 11 is 6.37. The molecule has 0 unspecified atom stereocenters. The topological polar surface area (TPSA) is 50.5 Å². The van der Waals surface area contributed by atoms with Crippen molar-refractivity contribution in [1.82, 2.24) is 4.90 Å². The van der Waals surface area contributed by atoms with Gasteiger partial charge < -0.3 is 4.42 Å². The Labute approximate surface area is 143 Å². The van der Waals surface area contributed by atoms with Gasteiger partial charge in [0.2, 0.25) is 0 Å². The summed E-state index contributed by atoms with van der Waals surface area (Å²) in [5.41, 5.74) is 1.47. The number of carbonyl (C=O) groups is 2. The lowest BCUT2D eigenvalue weighted by atomic mass is 10.0. The maximum absolute atomic E-state index is 12.1. The number of thioether (sulfide) groups is 1. The molecular weight excluding hydrogens is 330 g/mol. The van der Waals surface area contributed by atoms with Crippen molar-refractivity contribution in [3.63, 3.8) is 0 Å². The van der Waals surface area contributed by atoms with Crippen LogP contribution in [0, 0.1) is 0 Å². The van der Waals surface area contributed by atoms with Gasteiger partial charge in [-0.1, -0.05) is 48.2 Å². The number of furan rings is 1. The molecule has 0 atom stereocenters. The molecule has 4 nitrogen and oxygen atoms in total. The zero-order chi connectivity index (χ0) is 16.4. The first kappa shape index (κ1) is 15.7. The summed E-state index contributed by atoms with van der Waals surface area (Å²) in [6.07, 6.45) is 3.57. The average molecular weight is 343 g/mol. The lowest BCUT2D eigenvalue weighted by Gasteiger charge is -2.03. The van der Waals surface area contributed by atoms with E-state index < -0.39 is 0 Å². The SMILES string of the molecule is CN1C(=O)/C(=C\c2ccc(C(=O)Cc3ccco3)cc2)SC1=S. The number of benzene rings is 1. The fourth-order valence-corrected chi connectivity index (χ4v) is 3.32. The van der Waals surface area contributed by atoms with Gasteiger partial charge in [0.1, 0.15) is 10.1 Å². The van der Waals surface area contributed by atoms with Crippen molar-refractivity contribution in [2.24, 2.45) is 0 Å². The van der Waals surface area contributed by atoms with Crippen LogP contribution in [-0.4, -0.2) is 28.0 Å². The Bertz CT molecular complexity index is 792. The molecule has 23 heavy (non-hydrogen) atoms. The van der Waals surface area contributed by atoms with Crippen LogP contribution in [0.2, 0.25) is 0 Å². The zero-order valence-corrected chi connectivity index (χ0v) is 13.9. The van der Waals surface area contributed by atoms with Crippen molar-refractivity contribution in [1.29, 1.82) is 0 Å². The van der Waals surface area contributed by atoms with E-state index in [0.29, 0.717) is 20.5 Å². The number of hydrogen-bond acceptors (Lipinski definition) is 5. The molecule has 0 N–H and O–H groups in total. The fraction of sp³-hybridized carbons (Fsp3) is 0.118. The lowest BCUT2D eigenvalue weighted by molar-refractivity contribution is -0.121. The van der Waals surface area contributed by atoms with E-state index in [2.05, 4.69) is 0 Å². The van der Waals surface area contributed by atoms with Gasteiger partial charge in [-0.05, 0) is 23.8 Å². The Kier molecular flexibility index (Phi) is 4.45. The van der Waals surface area contributed by atoms with Gasteiger partial charge in [-0.3, -0.25) is 14.5 Å². The van der Waals surface area contributed by atoms with Crippen LogP contribution in [0.1, 0.15) is 21.7 Å². The minimum Gasteiger partial charge on any atom is -0.469 e. The number of thiocarbonyl (C=S) groups is 1. The summed E-state index contributed by atoms with van der Waals surface area (Å²) < 4.78 is 5.73. The number of carbonyl (C=O) groups excluding carboxylic acids is 2. The molecule has 0 spiro atoms. The average Bonchev–Trinajstić information content (AvgIpc) is 3.13. The minimum atomic E-state index is -0.0991. The first-order valence-electron chi connectivity index (χ1n) is 6.92. The minimum absolute atomic E-state index is 0.00798. The smallest absolute Gasteiger partial charge is 0.265 e. The maximum atomic E-state index is 12.1. The molecule has 1 aliphatic heterocycles. The van der Waals surface area contributed by atoms with E-state index in [9.17, 15) is 9.59 Å². The molecule has 3 rings (SSSR count). The maximum Gasteiger partial charge on any atom is 0.265 e. The highest BCUT2D eigenvalue weighted by Crippen LogP contribution is 2.31. The van der Waals surface area contributed by atoms with Crippen LogP contribution < -0.4 is 0 Å². The van der Waals surface area contributed by atoms with Crippen molar-refractivity contribution < 1.29 is 14.0 Å². The van der Waals surface area contributed by atoms with E-state index in [-0.39, 0.29) is 18.1 Å². The third kappa shape index (κ3) is 3.43. The van der Waals surface area contributed by atoms with Crippen molar-refractivity contribution >= 4 is 46.1 Å². The second-order valence-corrected chi connectivity index (χ2v) is 6.72. The predicted octanol–water partition coefficient (Wildman–Crippen LogP) is 3.54. The molecular formula is C17H13NO3S2. The van der Waals surface area contributed by atoms with Gasteiger partial charge in [0.25, 0.3) is 5.91 Å². The highest BCUT2D eigenvalue weighted by molar-refractivity contribution is 8.26. The Morgan fingerprint density at radius 1 is 1.30 bits per heavy atom. The lowest BCUT2D eigenvalue weighted by Crippen LogP contribution is -2.22. The van der Waals surface area contributed by atoms with Gasteiger partial charge in [0, 0.05) is 12.6 Å². The molecule has 2 aromatic rings. The van der Waals surface area contributed by atoms with Gasteiger partial charge in [-0.25, -0.2) is 0 Å². The van der Waals surface area contributed by atoms with Crippen LogP contribution in [0.3, 0.4) is 0 Å². The van der Waals surface area contributed by atoms with Crippen LogP contribution >= 0.6 is 24.0 Å². The van der Waals surface area contributed by atoms with Gasteiger partial charge in [0.15, 0.2) is 5.78 Å².